The first-order valence-corrected chi connectivity index (χ1v) is 5.50. The van der Waals surface area contributed by atoms with Crippen molar-refractivity contribution in [1.82, 2.24) is 0 Å². The van der Waals surface area contributed by atoms with Gasteiger partial charge in [0.25, 0.3) is 0 Å². The first kappa shape index (κ1) is 11.6. The van der Waals surface area contributed by atoms with Crippen LogP contribution in [-0.2, 0) is 4.74 Å². The summed E-state index contributed by atoms with van der Waals surface area (Å²) < 4.78 is 5.74. The minimum absolute atomic E-state index is 0.348. The van der Waals surface area contributed by atoms with Gasteiger partial charge >= 0.3 is 0 Å². The van der Waals surface area contributed by atoms with Crippen molar-refractivity contribution in [2.75, 3.05) is 6.61 Å². The average molecular weight is 196 g/mol. The Labute approximate surface area is 86.7 Å². The van der Waals surface area contributed by atoms with Gasteiger partial charge in [0.1, 0.15) is 0 Å². The number of terminal acetylenes is 1. The van der Waals surface area contributed by atoms with Gasteiger partial charge in [-0.2, -0.15) is 0 Å². The summed E-state index contributed by atoms with van der Waals surface area (Å²) in [6.07, 6.45) is 10.6. The summed E-state index contributed by atoms with van der Waals surface area (Å²) in [4.78, 5) is 0. The Morgan fingerprint density at radius 1 is 1.43 bits per heavy atom. The van der Waals surface area contributed by atoms with Crippen molar-refractivity contribution >= 4 is 0 Å². The normalized spacial score (nSPS) is 22.6. The molecule has 1 unspecified atom stereocenters. The Balaban J connectivity index is 2.64. The van der Waals surface area contributed by atoms with Gasteiger partial charge in [-0.05, 0) is 19.8 Å². The largest absolute Gasteiger partial charge is 0.389 e. The molecule has 2 nitrogen and oxygen atoms in total. The van der Waals surface area contributed by atoms with E-state index in [0.29, 0.717) is 13.0 Å². The van der Waals surface area contributed by atoms with Crippen LogP contribution in [-0.4, -0.2) is 23.4 Å². The number of hydrogen-bond donors (Lipinski definition) is 1. The molecular weight excluding hydrogens is 176 g/mol. The van der Waals surface area contributed by atoms with Crippen LogP contribution >= 0.6 is 0 Å². The van der Waals surface area contributed by atoms with E-state index in [2.05, 4.69) is 5.92 Å². The molecule has 0 aromatic heterocycles. The topological polar surface area (TPSA) is 29.5 Å². The van der Waals surface area contributed by atoms with Crippen molar-refractivity contribution in [2.24, 2.45) is 0 Å². The fourth-order valence-corrected chi connectivity index (χ4v) is 2.31. The molecule has 1 rings (SSSR count). The smallest absolute Gasteiger partial charge is 0.0949 e. The lowest BCUT2D eigenvalue weighted by molar-refractivity contribution is -0.137. The summed E-state index contributed by atoms with van der Waals surface area (Å²) >= 11 is 0. The molecule has 1 N–H and O–H groups in total. The maximum absolute atomic E-state index is 9.99. The molecular formula is C12H20O2. The second-order valence-electron chi connectivity index (χ2n) is 3.98. The predicted molar refractivity (Wildman–Crippen MR) is 56.9 cm³/mol. The fraction of sp³-hybridized carbons (Fsp3) is 0.833. The third kappa shape index (κ3) is 2.50. The SMILES string of the molecule is C#CCC(O)C1(OCC)CCCCC1. The molecule has 1 atom stereocenters. The highest BCUT2D eigenvalue weighted by molar-refractivity contribution is 4.98. The van der Waals surface area contributed by atoms with Crippen molar-refractivity contribution in [1.29, 1.82) is 0 Å². The number of aliphatic hydroxyl groups excluding tert-OH is 1. The first-order valence-electron chi connectivity index (χ1n) is 5.50. The molecule has 2 heteroatoms. The zero-order valence-electron chi connectivity index (χ0n) is 8.96. The highest BCUT2D eigenvalue weighted by Crippen LogP contribution is 2.35. The fourth-order valence-electron chi connectivity index (χ4n) is 2.31. The van der Waals surface area contributed by atoms with Gasteiger partial charge in [-0.3, -0.25) is 0 Å². The van der Waals surface area contributed by atoms with Gasteiger partial charge < -0.3 is 9.84 Å². The zero-order chi connectivity index (χ0) is 10.4. The van der Waals surface area contributed by atoms with E-state index in [9.17, 15) is 5.11 Å². The molecule has 0 aromatic carbocycles. The van der Waals surface area contributed by atoms with E-state index in [-0.39, 0.29) is 5.60 Å². The predicted octanol–water partition coefficient (Wildman–Crippen LogP) is 2.11. The highest BCUT2D eigenvalue weighted by atomic mass is 16.5. The van der Waals surface area contributed by atoms with Gasteiger partial charge in [-0.15, -0.1) is 12.3 Å². The van der Waals surface area contributed by atoms with Gasteiger partial charge in [0.05, 0.1) is 11.7 Å². The lowest BCUT2D eigenvalue weighted by Crippen LogP contribution is -2.46. The summed E-state index contributed by atoms with van der Waals surface area (Å²) in [5.41, 5.74) is -0.348. The molecule has 0 aliphatic heterocycles. The third-order valence-corrected chi connectivity index (χ3v) is 3.05. The Morgan fingerprint density at radius 3 is 2.57 bits per heavy atom. The second kappa shape index (κ2) is 5.38. The van der Waals surface area contributed by atoms with Crippen molar-refractivity contribution in [3.05, 3.63) is 0 Å². The lowest BCUT2D eigenvalue weighted by Gasteiger charge is -2.40. The van der Waals surface area contributed by atoms with Crippen LogP contribution in [0, 0.1) is 12.3 Å². The summed E-state index contributed by atoms with van der Waals surface area (Å²) in [7, 11) is 0. The van der Waals surface area contributed by atoms with Gasteiger partial charge in [0.2, 0.25) is 0 Å². The average Bonchev–Trinajstić information content (AvgIpc) is 2.20. The molecule has 1 aliphatic rings. The van der Waals surface area contributed by atoms with Crippen LogP contribution < -0.4 is 0 Å². The maximum atomic E-state index is 9.99. The van der Waals surface area contributed by atoms with Crippen LogP contribution in [0.1, 0.15) is 45.4 Å². The molecule has 0 saturated heterocycles. The van der Waals surface area contributed by atoms with Crippen LogP contribution in [0.3, 0.4) is 0 Å². The minimum atomic E-state index is -0.493. The van der Waals surface area contributed by atoms with Gasteiger partial charge in [-0.25, -0.2) is 0 Å². The Bertz CT molecular complexity index is 193. The summed E-state index contributed by atoms with van der Waals surface area (Å²) in [6.45, 7) is 2.63. The molecule has 1 fully saturated rings. The van der Waals surface area contributed by atoms with E-state index in [0.717, 1.165) is 25.7 Å². The number of aliphatic hydroxyl groups is 1. The minimum Gasteiger partial charge on any atom is -0.389 e. The molecule has 1 aliphatic carbocycles. The second-order valence-corrected chi connectivity index (χ2v) is 3.98. The summed E-state index contributed by atoms with van der Waals surface area (Å²) in [5.74, 6) is 2.52. The molecule has 0 radical (unpaired) electrons. The monoisotopic (exact) mass is 196 g/mol. The van der Waals surface area contributed by atoms with E-state index in [4.69, 9.17) is 11.2 Å². The van der Waals surface area contributed by atoms with E-state index in [1.165, 1.54) is 6.42 Å². The molecule has 0 amide bonds. The highest BCUT2D eigenvalue weighted by Gasteiger charge is 2.39. The lowest BCUT2D eigenvalue weighted by atomic mass is 9.79. The molecule has 1 saturated carbocycles. The quantitative estimate of drug-likeness (QED) is 0.698. The first-order chi connectivity index (χ1) is 6.75. The van der Waals surface area contributed by atoms with Crippen LogP contribution in [0.15, 0.2) is 0 Å². The standard InChI is InChI=1S/C12H20O2/c1-3-8-11(13)12(14-4-2)9-6-5-7-10-12/h1,11,13H,4-10H2,2H3. The Hall–Kier alpha value is -0.520. The Morgan fingerprint density at radius 2 is 2.07 bits per heavy atom. The van der Waals surface area contributed by atoms with E-state index < -0.39 is 6.10 Å². The van der Waals surface area contributed by atoms with Gasteiger partial charge in [0.15, 0.2) is 0 Å². The van der Waals surface area contributed by atoms with Crippen LogP contribution in [0.2, 0.25) is 0 Å². The van der Waals surface area contributed by atoms with Crippen LogP contribution in [0.4, 0.5) is 0 Å². The third-order valence-electron chi connectivity index (χ3n) is 3.05. The summed E-state index contributed by atoms with van der Waals surface area (Å²) in [5, 5.41) is 9.99. The van der Waals surface area contributed by atoms with E-state index in [1.54, 1.807) is 0 Å². The summed E-state index contributed by atoms with van der Waals surface area (Å²) in [6, 6.07) is 0. The van der Waals surface area contributed by atoms with Gasteiger partial charge in [-0.1, -0.05) is 19.3 Å². The maximum Gasteiger partial charge on any atom is 0.0949 e. The molecule has 0 bridgehead atoms. The molecule has 0 spiro atoms. The zero-order valence-corrected chi connectivity index (χ0v) is 8.96. The molecule has 80 valence electrons. The van der Waals surface area contributed by atoms with Crippen LogP contribution in [0.25, 0.3) is 0 Å². The Kier molecular flexibility index (Phi) is 4.44. The molecule has 0 heterocycles. The van der Waals surface area contributed by atoms with E-state index in [1.807, 2.05) is 6.92 Å². The molecule has 14 heavy (non-hydrogen) atoms. The number of rotatable bonds is 4. The molecule has 0 aromatic rings. The number of ether oxygens (including phenoxy) is 1. The van der Waals surface area contributed by atoms with E-state index >= 15 is 0 Å². The van der Waals surface area contributed by atoms with Crippen LogP contribution in [0.5, 0.6) is 0 Å². The van der Waals surface area contributed by atoms with Crippen molar-refractivity contribution in [2.45, 2.75) is 57.2 Å². The number of hydrogen-bond acceptors (Lipinski definition) is 2. The van der Waals surface area contributed by atoms with Crippen molar-refractivity contribution < 1.29 is 9.84 Å². The van der Waals surface area contributed by atoms with Crippen molar-refractivity contribution in [3.63, 3.8) is 0 Å². The van der Waals surface area contributed by atoms with Crippen molar-refractivity contribution in [3.8, 4) is 12.3 Å². The van der Waals surface area contributed by atoms with Gasteiger partial charge in [0, 0.05) is 13.0 Å².